The molecule has 0 spiro atoms. The van der Waals surface area contributed by atoms with Gasteiger partial charge in [-0.25, -0.2) is 4.68 Å². The van der Waals surface area contributed by atoms with Crippen molar-refractivity contribution in [2.24, 2.45) is 5.92 Å². The minimum atomic E-state index is 0.349. The van der Waals surface area contributed by atoms with Crippen molar-refractivity contribution < 1.29 is 0 Å². The number of rotatable bonds is 5. The monoisotopic (exact) mass is 393 g/mol. The molecule has 0 aliphatic heterocycles. The molecular weight excluding hydrogens is 374 g/mol. The summed E-state index contributed by atoms with van der Waals surface area (Å²) in [6.07, 6.45) is 3.17. The zero-order chi connectivity index (χ0) is 17.8. The van der Waals surface area contributed by atoms with E-state index >= 15 is 0 Å². The van der Waals surface area contributed by atoms with Gasteiger partial charge in [0.2, 0.25) is 0 Å². The summed E-state index contributed by atoms with van der Waals surface area (Å²) in [7, 11) is 0. The van der Waals surface area contributed by atoms with E-state index in [0.29, 0.717) is 12.3 Å². The Balaban J connectivity index is 1.87. The molecule has 0 aliphatic rings. The molecule has 0 saturated heterocycles. The maximum Gasteiger partial charge on any atom is 0.114 e. The van der Waals surface area contributed by atoms with E-state index in [2.05, 4.69) is 89.5 Å². The first kappa shape index (κ1) is 17.4. The fraction of sp³-hybridized carbons (Fsp3) is 0.238. The molecule has 0 fully saturated rings. The molecule has 0 saturated carbocycles. The van der Waals surface area contributed by atoms with Crippen LogP contribution in [0.15, 0.2) is 59.3 Å². The van der Waals surface area contributed by atoms with Crippen LogP contribution in [-0.4, -0.2) is 9.78 Å². The van der Waals surface area contributed by atoms with Crippen molar-refractivity contribution in [1.29, 1.82) is 5.26 Å². The van der Waals surface area contributed by atoms with Gasteiger partial charge in [-0.15, -0.1) is 0 Å². The Hall–Kier alpha value is -2.38. The molecule has 1 heterocycles. The average Bonchev–Trinajstić information content (AvgIpc) is 2.96. The largest absolute Gasteiger partial charge is 0.226 e. The number of hydrogen-bond acceptors (Lipinski definition) is 2. The molecule has 2 aromatic carbocycles. The molecule has 0 N–H and O–H groups in total. The molecule has 0 radical (unpaired) electrons. The number of nitriles is 1. The Bertz CT molecular complexity index is 902. The lowest BCUT2D eigenvalue weighted by molar-refractivity contribution is 0.647. The Kier molecular flexibility index (Phi) is 5.35. The van der Waals surface area contributed by atoms with Gasteiger partial charge in [-0.1, -0.05) is 50.2 Å². The van der Waals surface area contributed by atoms with Crippen LogP contribution in [0.4, 0.5) is 0 Å². The van der Waals surface area contributed by atoms with Gasteiger partial charge < -0.3 is 0 Å². The molecule has 4 heteroatoms. The maximum atomic E-state index is 8.86. The van der Waals surface area contributed by atoms with Gasteiger partial charge in [-0.05, 0) is 57.1 Å². The minimum absolute atomic E-state index is 0.349. The highest BCUT2D eigenvalue weighted by Gasteiger charge is 2.09. The third kappa shape index (κ3) is 4.00. The smallest absolute Gasteiger partial charge is 0.114 e. The lowest BCUT2D eigenvalue weighted by atomic mass is 9.98. The van der Waals surface area contributed by atoms with Gasteiger partial charge in [0, 0.05) is 5.56 Å². The van der Waals surface area contributed by atoms with Crippen LogP contribution in [0.1, 0.15) is 25.0 Å². The van der Waals surface area contributed by atoms with E-state index in [0.717, 1.165) is 22.3 Å². The second kappa shape index (κ2) is 7.67. The maximum absolute atomic E-state index is 8.86. The van der Waals surface area contributed by atoms with E-state index < -0.39 is 0 Å². The number of aromatic nitrogens is 2. The van der Waals surface area contributed by atoms with Gasteiger partial charge in [-0.2, -0.15) is 10.4 Å². The number of hydrogen-bond donors (Lipinski definition) is 0. The summed E-state index contributed by atoms with van der Waals surface area (Å²) in [5, 5.41) is 13.2. The van der Waals surface area contributed by atoms with Crippen LogP contribution in [0.25, 0.3) is 16.8 Å². The summed E-state index contributed by atoms with van der Waals surface area (Å²) in [5.74, 6) is 0.650. The topological polar surface area (TPSA) is 41.6 Å². The highest BCUT2D eigenvalue weighted by atomic mass is 79.9. The normalized spacial score (nSPS) is 10.8. The third-order valence-electron chi connectivity index (χ3n) is 4.07. The predicted octanol–water partition coefficient (Wildman–Crippen LogP) is 5.57. The van der Waals surface area contributed by atoms with E-state index in [1.165, 1.54) is 16.7 Å². The second-order valence-electron chi connectivity index (χ2n) is 6.55. The quantitative estimate of drug-likeness (QED) is 0.568. The third-order valence-corrected chi connectivity index (χ3v) is 4.91. The number of nitrogens with zero attached hydrogens (tertiary/aromatic N) is 3. The van der Waals surface area contributed by atoms with Crippen LogP contribution in [0.3, 0.4) is 0 Å². The standard InChI is InChI=1S/C21H20BrN3/c1-15(2)12-16-4-3-5-18(13-16)17-6-8-20(9-7-17)25-21(22)19(10-11-23)14-24-25/h3-9,13-15H,10,12H2,1-2H3. The molecule has 3 rings (SSSR count). The second-order valence-corrected chi connectivity index (χ2v) is 7.30. The highest BCUT2D eigenvalue weighted by Crippen LogP contribution is 2.25. The first-order chi connectivity index (χ1) is 12.1. The summed E-state index contributed by atoms with van der Waals surface area (Å²) < 4.78 is 2.65. The van der Waals surface area contributed by atoms with E-state index in [1.54, 1.807) is 6.20 Å². The predicted molar refractivity (Wildman–Crippen MR) is 105 cm³/mol. The minimum Gasteiger partial charge on any atom is -0.226 e. The molecule has 0 amide bonds. The highest BCUT2D eigenvalue weighted by molar-refractivity contribution is 9.10. The average molecular weight is 394 g/mol. The molecule has 0 bridgehead atoms. The van der Waals surface area contributed by atoms with Crippen molar-refractivity contribution in [3.63, 3.8) is 0 Å². The Labute approximate surface area is 157 Å². The zero-order valence-corrected chi connectivity index (χ0v) is 16.0. The Morgan fingerprint density at radius 2 is 1.88 bits per heavy atom. The SMILES string of the molecule is CC(C)Cc1cccc(-c2ccc(-n3ncc(CC#N)c3Br)cc2)c1. The Morgan fingerprint density at radius 3 is 2.56 bits per heavy atom. The van der Waals surface area contributed by atoms with Crippen LogP contribution in [-0.2, 0) is 12.8 Å². The summed E-state index contributed by atoms with van der Waals surface area (Å²) in [5.41, 5.74) is 5.66. The molecule has 0 atom stereocenters. The Morgan fingerprint density at radius 1 is 1.12 bits per heavy atom. The molecule has 0 aliphatic carbocycles. The van der Waals surface area contributed by atoms with Crippen molar-refractivity contribution in [3.8, 4) is 22.9 Å². The summed E-state index contributed by atoms with van der Waals surface area (Å²) in [6, 6.07) is 19.2. The van der Waals surface area contributed by atoms with Crippen molar-refractivity contribution in [1.82, 2.24) is 9.78 Å². The van der Waals surface area contributed by atoms with E-state index in [1.807, 2.05) is 4.68 Å². The molecular formula is C21H20BrN3. The van der Waals surface area contributed by atoms with E-state index in [4.69, 9.17) is 5.26 Å². The van der Waals surface area contributed by atoms with Gasteiger partial charge >= 0.3 is 0 Å². The fourth-order valence-electron chi connectivity index (χ4n) is 2.90. The van der Waals surface area contributed by atoms with Crippen LogP contribution in [0.5, 0.6) is 0 Å². The van der Waals surface area contributed by atoms with Crippen molar-refractivity contribution in [2.75, 3.05) is 0 Å². The molecule has 3 aromatic rings. The van der Waals surface area contributed by atoms with Crippen LogP contribution < -0.4 is 0 Å². The molecule has 3 nitrogen and oxygen atoms in total. The lowest BCUT2D eigenvalue weighted by Crippen LogP contribution is -1.97. The summed E-state index contributed by atoms with van der Waals surface area (Å²) >= 11 is 3.53. The lowest BCUT2D eigenvalue weighted by Gasteiger charge is -2.09. The van der Waals surface area contributed by atoms with Crippen LogP contribution >= 0.6 is 15.9 Å². The van der Waals surface area contributed by atoms with Gasteiger partial charge in [0.05, 0.1) is 24.4 Å². The first-order valence-corrected chi connectivity index (χ1v) is 9.17. The molecule has 0 unspecified atom stereocenters. The zero-order valence-electron chi connectivity index (χ0n) is 14.4. The van der Waals surface area contributed by atoms with Crippen molar-refractivity contribution in [2.45, 2.75) is 26.7 Å². The van der Waals surface area contributed by atoms with Crippen LogP contribution in [0, 0.1) is 17.2 Å². The van der Waals surface area contributed by atoms with Crippen LogP contribution in [0.2, 0.25) is 0 Å². The van der Waals surface area contributed by atoms with E-state index in [-0.39, 0.29) is 0 Å². The number of halogens is 1. The molecule has 1 aromatic heterocycles. The first-order valence-electron chi connectivity index (χ1n) is 8.37. The number of benzene rings is 2. The molecule has 25 heavy (non-hydrogen) atoms. The van der Waals surface area contributed by atoms with Gasteiger partial charge in [-0.3, -0.25) is 0 Å². The molecule has 126 valence electrons. The summed E-state index contributed by atoms with van der Waals surface area (Å²) in [6.45, 7) is 4.48. The van der Waals surface area contributed by atoms with Gasteiger partial charge in [0.1, 0.15) is 4.60 Å². The van der Waals surface area contributed by atoms with Crippen molar-refractivity contribution >= 4 is 15.9 Å². The fourth-order valence-corrected chi connectivity index (χ4v) is 3.43. The van der Waals surface area contributed by atoms with E-state index in [9.17, 15) is 0 Å². The van der Waals surface area contributed by atoms with Gasteiger partial charge in [0.15, 0.2) is 0 Å². The van der Waals surface area contributed by atoms with Crippen molar-refractivity contribution in [3.05, 3.63) is 70.5 Å². The van der Waals surface area contributed by atoms with Gasteiger partial charge in [0.25, 0.3) is 0 Å². The summed E-state index contributed by atoms with van der Waals surface area (Å²) in [4.78, 5) is 0.